The number of nitro benzene ring substituents is 1. The lowest BCUT2D eigenvalue weighted by Gasteiger charge is -2.01. The van der Waals surface area contributed by atoms with E-state index in [1.807, 2.05) is 0 Å². The average molecular weight is 444 g/mol. The Balaban J connectivity index is 1.97. The number of nitro groups is 1. The van der Waals surface area contributed by atoms with E-state index in [1.54, 1.807) is 37.3 Å². The topological polar surface area (TPSA) is 122 Å². The van der Waals surface area contributed by atoms with Gasteiger partial charge in [-0.25, -0.2) is 9.48 Å². The van der Waals surface area contributed by atoms with Gasteiger partial charge >= 0.3 is 11.7 Å². The Morgan fingerprint density at radius 2 is 2.03 bits per heavy atom. The first-order valence-electron chi connectivity index (χ1n) is 9.25. The Bertz CT molecular complexity index is 1180. The Morgan fingerprint density at radius 3 is 2.71 bits per heavy atom. The first-order chi connectivity index (χ1) is 14.9. The highest BCUT2D eigenvalue weighted by atomic mass is 35.5. The van der Waals surface area contributed by atoms with Crippen LogP contribution in [-0.4, -0.2) is 38.2 Å². The van der Waals surface area contributed by atoms with Crippen molar-refractivity contribution in [3.05, 3.63) is 91.1 Å². The number of rotatable bonds is 8. The van der Waals surface area contributed by atoms with Crippen molar-refractivity contribution in [2.45, 2.75) is 19.9 Å². The molecule has 0 saturated carbocycles. The number of carbonyl (C=O) groups is 1. The van der Waals surface area contributed by atoms with Gasteiger partial charge in [-0.3, -0.25) is 14.9 Å². The number of halogens is 1. The molecule has 31 heavy (non-hydrogen) atoms. The molecule has 2 aromatic carbocycles. The molecule has 11 heteroatoms. The zero-order valence-electron chi connectivity index (χ0n) is 16.5. The molecule has 0 radical (unpaired) electrons. The number of aromatic nitrogens is 3. The van der Waals surface area contributed by atoms with E-state index in [0.717, 1.165) is 14.9 Å². The number of esters is 1. The number of benzene rings is 2. The van der Waals surface area contributed by atoms with Crippen LogP contribution in [0.25, 0.3) is 0 Å². The van der Waals surface area contributed by atoms with Crippen molar-refractivity contribution in [3.8, 4) is 0 Å². The van der Waals surface area contributed by atoms with Crippen LogP contribution >= 0.6 is 11.6 Å². The normalized spacial score (nSPS) is 11.0. The first kappa shape index (κ1) is 21.9. The van der Waals surface area contributed by atoms with Gasteiger partial charge in [-0.2, -0.15) is 14.9 Å². The van der Waals surface area contributed by atoms with Crippen molar-refractivity contribution in [1.82, 2.24) is 14.5 Å². The standard InChI is InChI=1S/C20H18ClN5O5/c1-2-31-19(27)13-24-20(28)25(18(23-24)11-14-6-8-16(21)9-7-14)22-12-15-4-3-5-17(10-15)26(29)30/h3-10,12H,2,11,13H2,1H3/b22-12+. The first-order valence-corrected chi connectivity index (χ1v) is 9.62. The van der Waals surface area contributed by atoms with Gasteiger partial charge in [-0.1, -0.05) is 35.9 Å². The fourth-order valence-corrected chi connectivity index (χ4v) is 2.86. The largest absolute Gasteiger partial charge is 0.465 e. The minimum atomic E-state index is -0.640. The highest BCUT2D eigenvalue weighted by molar-refractivity contribution is 6.30. The summed E-state index contributed by atoms with van der Waals surface area (Å²) in [6, 6.07) is 12.8. The molecular weight excluding hydrogens is 426 g/mol. The second-order valence-electron chi connectivity index (χ2n) is 6.37. The molecule has 0 bridgehead atoms. The van der Waals surface area contributed by atoms with E-state index in [0.29, 0.717) is 10.6 Å². The Morgan fingerprint density at radius 1 is 1.29 bits per heavy atom. The van der Waals surface area contributed by atoms with Gasteiger partial charge < -0.3 is 4.74 Å². The minimum absolute atomic E-state index is 0.101. The van der Waals surface area contributed by atoms with E-state index in [-0.39, 0.29) is 31.1 Å². The number of hydrogen-bond acceptors (Lipinski definition) is 7. The number of ether oxygens (including phenoxy) is 1. The van der Waals surface area contributed by atoms with Crippen LogP contribution in [-0.2, 0) is 22.5 Å². The molecule has 0 amide bonds. The summed E-state index contributed by atoms with van der Waals surface area (Å²) in [4.78, 5) is 35.0. The van der Waals surface area contributed by atoms with Crippen molar-refractivity contribution in [3.63, 3.8) is 0 Å². The Kier molecular flexibility index (Phi) is 6.93. The van der Waals surface area contributed by atoms with Crippen LogP contribution in [0.1, 0.15) is 23.9 Å². The van der Waals surface area contributed by atoms with Gasteiger partial charge in [0.25, 0.3) is 5.69 Å². The lowest BCUT2D eigenvalue weighted by atomic mass is 10.1. The van der Waals surface area contributed by atoms with E-state index >= 15 is 0 Å². The molecule has 1 heterocycles. The van der Waals surface area contributed by atoms with E-state index in [9.17, 15) is 19.7 Å². The molecule has 1 aromatic heterocycles. The van der Waals surface area contributed by atoms with E-state index in [2.05, 4.69) is 10.2 Å². The van der Waals surface area contributed by atoms with Crippen molar-refractivity contribution in [1.29, 1.82) is 0 Å². The number of non-ortho nitro benzene ring substituents is 1. The minimum Gasteiger partial charge on any atom is -0.465 e. The van der Waals surface area contributed by atoms with Crippen LogP contribution in [0.15, 0.2) is 58.4 Å². The van der Waals surface area contributed by atoms with E-state index in [1.165, 1.54) is 24.4 Å². The fraction of sp³-hybridized carbons (Fsp3) is 0.200. The summed E-state index contributed by atoms with van der Waals surface area (Å²) >= 11 is 5.92. The molecule has 0 aliphatic heterocycles. The van der Waals surface area contributed by atoms with E-state index < -0.39 is 16.6 Å². The molecule has 10 nitrogen and oxygen atoms in total. The number of hydrogen-bond donors (Lipinski definition) is 0. The third-order valence-electron chi connectivity index (χ3n) is 4.15. The zero-order valence-corrected chi connectivity index (χ0v) is 17.2. The molecule has 160 valence electrons. The molecule has 0 atom stereocenters. The third-order valence-corrected chi connectivity index (χ3v) is 4.40. The van der Waals surface area contributed by atoms with Crippen molar-refractivity contribution >= 4 is 29.5 Å². The lowest BCUT2D eigenvalue weighted by molar-refractivity contribution is -0.384. The Labute approximate surface area is 181 Å². The number of carbonyl (C=O) groups excluding carboxylic acids is 1. The van der Waals surface area contributed by atoms with Crippen LogP contribution in [0.2, 0.25) is 5.02 Å². The van der Waals surface area contributed by atoms with Crippen molar-refractivity contribution in [2.75, 3.05) is 6.61 Å². The van der Waals surface area contributed by atoms with Crippen molar-refractivity contribution < 1.29 is 14.5 Å². The van der Waals surface area contributed by atoms with Crippen LogP contribution in [0.5, 0.6) is 0 Å². The van der Waals surface area contributed by atoms with Crippen LogP contribution in [0.4, 0.5) is 5.69 Å². The maximum absolute atomic E-state index is 12.8. The second-order valence-corrected chi connectivity index (χ2v) is 6.81. The zero-order chi connectivity index (χ0) is 22.4. The SMILES string of the molecule is CCOC(=O)Cn1nc(Cc2ccc(Cl)cc2)n(/N=C/c2cccc([N+](=O)[O-])c2)c1=O. The fourth-order valence-electron chi connectivity index (χ4n) is 2.73. The molecule has 0 spiro atoms. The number of nitrogens with zero attached hydrogens (tertiary/aromatic N) is 5. The Hall–Kier alpha value is -3.79. The molecule has 3 rings (SSSR count). The molecule has 0 aliphatic rings. The highest BCUT2D eigenvalue weighted by Crippen LogP contribution is 2.13. The van der Waals surface area contributed by atoms with E-state index in [4.69, 9.17) is 16.3 Å². The van der Waals surface area contributed by atoms with Crippen molar-refractivity contribution in [2.24, 2.45) is 5.10 Å². The van der Waals surface area contributed by atoms with Gasteiger partial charge in [0.2, 0.25) is 0 Å². The lowest BCUT2D eigenvalue weighted by Crippen LogP contribution is -2.27. The molecule has 0 saturated heterocycles. The summed E-state index contributed by atoms with van der Waals surface area (Å²) in [5.41, 5.74) is 0.510. The highest BCUT2D eigenvalue weighted by Gasteiger charge is 2.16. The summed E-state index contributed by atoms with van der Waals surface area (Å²) in [5, 5.41) is 19.9. The van der Waals surface area contributed by atoms with Gasteiger partial charge in [-0.15, -0.1) is 0 Å². The maximum Gasteiger partial charge on any atom is 0.367 e. The predicted octanol–water partition coefficient (Wildman–Crippen LogP) is 2.64. The summed E-state index contributed by atoms with van der Waals surface area (Å²) in [7, 11) is 0. The average Bonchev–Trinajstić information content (AvgIpc) is 3.02. The predicted molar refractivity (Wildman–Crippen MR) is 113 cm³/mol. The molecule has 0 fully saturated rings. The molecular formula is C20H18ClN5O5. The van der Waals surface area contributed by atoms with Gasteiger partial charge in [0.05, 0.1) is 17.7 Å². The summed E-state index contributed by atoms with van der Waals surface area (Å²) in [5.74, 6) is -0.326. The third kappa shape index (κ3) is 5.64. The van der Waals surface area contributed by atoms with Gasteiger partial charge in [0.1, 0.15) is 6.54 Å². The molecule has 0 N–H and O–H groups in total. The summed E-state index contributed by atoms with van der Waals surface area (Å²) < 4.78 is 6.90. The second kappa shape index (κ2) is 9.81. The van der Waals surface area contributed by atoms with Crippen LogP contribution in [0.3, 0.4) is 0 Å². The smallest absolute Gasteiger partial charge is 0.367 e. The van der Waals surface area contributed by atoms with Gasteiger partial charge in [0, 0.05) is 29.1 Å². The summed E-state index contributed by atoms with van der Waals surface area (Å²) in [6.07, 6.45) is 1.56. The van der Waals surface area contributed by atoms with Gasteiger partial charge in [-0.05, 0) is 24.6 Å². The molecule has 0 unspecified atom stereocenters. The van der Waals surface area contributed by atoms with Crippen LogP contribution in [0, 0.1) is 10.1 Å². The summed E-state index contributed by atoms with van der Waals surface area (Å²) in [6.45, 7) is 1.48. The quantitative estimate of drug-likeness (QED) is 0.228. The van der Waals surface area contributed by atoms with Gasteiger partial charge in [0.15, 0.2) is 5.82 Å². The maximum atomic E-state index is 12.8. The molecule has 0 aliphatic carbocycles. The monoisotopic (exact) mass is 443 g/mol. The molecule has 3 aromatic rings. The van der Waals surface area contributed by atoms with Crippen LogP contribution < -0.4 is 5.69 Å².